The number of piperidine rings is 1. The first-order valence-corrected chi connectivity index (χ1v) is 12.7. The summed E-state index contributed by atoms with van der Waals surface area (Å²) in [5, 5.41) is 11.1. The number of aliphatic carboxylic acids is 1. The van der Waals surface area contributed by atoms with Crippen molar-refractivity contribution >= 4 is 45.6 Å². The van der Waals surface area contributed by atoms with Crippen LogP contribution in [0.2, 0.25) is 10.0 Å². The van der Waals surface area contributed by atoms with Gasteiger partial charge in [0.05, 0.1) is 22.2 Å². The molecule has 1 aliphatic heterocycles. The van der Waals surface area contributed by atoms with Gasteiger partial charge in [0.2, 0.25) is 0 Å². The second-order valence-corrected chi connectivity index (χ2v) is 10.2. The number of aromatic nitrogens is 1. The lowest BCUT2D eigenvalue weighted by Gasteiger charge is -2.26. The van der Waals surface area contributed by atoms with Gasteiger partial charge in [-0.1, -0.05) is 77.4 Å². The molecule has 0 aliphatic carbocycles. The van der Waals surface area contributed by atoms with Crippen molar-refractivity contribution < 1.29 is 9.90 Å². The summed E-state index contributed by atoms with van der Waals surface area (Å²) in [6.45, 7) is 3.99. The Kier molecular flexibility index (Phi) is 8.25. The summed E-state index contributed by atoms with van der Waals surface area (Å²) in [7, 11) is 0. The van der Waals surface area contributed by atoms with Crippen LogP contribution >= 0.6 is 34.5 Å². The van der Waals surface area contributed by atoms with Crippen molar-refractivity contribution in [3.8, 4) is 11.3 Å². The van der Waals surface area contributed by atoms with E-state index < -0.39 is 5.97 Å². The van der Waals surface area contributed by atoms with Gasteiger partial charge < -0.3 is 10.0 Å². The first-order valence-electron chi connectivity index (χ1n) is 11.2. The third-order valence-electron chi connectivity index (χ3n) is 5.78. The van der Waals surface area contributed by atoms with Crippen molar-refractivity contribution in [1.82, 2.24) is 9.88 Å². The fourth-order valence-corrected chi connectivity index (χ4v) is 5.50. The summed E-state index contributed by atoms with van der Waals surface area (Å²) in [6.07, 6.45) is 3.76. The highest BCUT2D eigenvalue weighted by atomic mass is 35.5. The normalized spacial score (nSPS) is 14.4. The molecular formula is C25H27Cl2N3O2S. The average molecular weight is 504 g/mol. The van der Waals surface area contributed by atoms with Crippen LogP contribution < -0.4 is 4.90 Å². The van der Waals surface area contributed by atoms with Gasteiger partial charge in [0.15, 0.2) is 5.13 Å². The van der Waals surface area contributed by atoms with Crippen molar-refractivity contribution in [1.29, 1.82) is 0 Å². The van der Waals surface area contributed by atoms with Gasteiger partial charge in [-0.15, -0.1) is 0 Å². The smallest absolute Gasteiger partial charge is 0.305 e. The van der Waals surface area contributed by atoms with Crippen LogP contribution in [0.15, 0.2) is 48.5 Å². The zero-order chi connectivity index (χ0) is 23.2. The minimum atomic E-state index is -0.817. The zero-order valence-corrected chi connectivity index (χ0v) is 20.7. The number of carboxylic acids is 1. The quantitative estimate of drug-likeness (QED) is 0.357. The Morgan fingerprint density at radius 2 is 1.82 bits per heavy atom. The molecule has 33 heavy (non-hydrogen) atoms. The monoisotopic (exact) mass is 503 g/mol. The molecule has 0 saturated carbocycles. The molecule has 0 radical (unpaired) electrons. The van der Waals surface area contributed by atoms with E-state index in [4.69, 9.17) is 28.2 Å². The van der Waals surface area contributed by atoms with Crippen molar-refractivity contribution in [2.45, 2.75) is 38.8 Å². The summed E-state index contributed by atoms with van der Waals surface area (Å²) in [5.74, 6) is -0.817. The van der Waals surface area contributed by atoms with E-state index in [1.807, 2.05) is 30.3 Å². The summed E-state index contributed by atoms with van der Waals surface area (Å²) < 4.78 is 0. The molecule has 0 bridgehead atoms. The van der Waals surface area contributed by atoms with Gasteiger partial charge in [-0.2, -0.15) is 0 Å². The third kappa shape index (κ3) is 6.48. The molecule has 4 rings (SSSR count). The van der Waals surface area contributed by atoms with Crippen molar-refractivity contribution in [2.24, 2.45) is 0 Å². The summed E-state index contributed by atoms with van der Waals surface area (Å²) in [4.78, 5) is 22.1. The van der Waals surface area contributed by atoms with Crippen LogP contribution in [0.4, 0.5) is 5.13 Å². The Labute approximate surface area is 208 Å². The molecule has 174 valence electrons. The number of hydrogen-bond acceptors (Lipinski definition) is 5. The molecule has 1 N–H and O–H groups in total. The number of anilines is 1. The molecule has 3 aromatic rings. The molecule has 5 nitrogen and oxygen atoms in total. The number of nitrogens with zero attached hydrogens (tertiary/aromatic N) is 3. The topological polar surface area (TPSA) is 56.7 Å². The highest BCUT2D eigenvalue weighted by molar-refractivity contribution is 7.16. The maximum atomic E-state index is 11.3. The second-order valence-electron chi connectivity index (χ2n) is 8.28. The Hall–Kier alpha value is -2.12. The van der Waals surface area contributed by atoms with Gasteiger partial charge in [0.25, 0.3) is 0 Å². The molecule has 8 heteroatoms. The fraction of sp³-hybridized carbons (Fsp3) is 0.360. The van der Waals surface area contributed by atoms with Gasteiger partial charge >= 0.3 is 5.97 Å². The third-order valence-corrected chi connectivity index (χ3v) is 7.62. The molecule has 1 fully saturated rings. The van der Waals surface area contributed by atoms with E-state index >= 15 is 0 Å². The predicted molar refractivity (Wildman–Crippen MR) is 136 cm³/mol. The number of carbonyl (C=O) groups is 1. The van der Waals surface area contributed by atoms with E-state index in [2.05, 4.69) is 21.9 Å². The predicted octanol–water partition coefficient (Wildman–Crippen LogP) is 6.58. The second kappa shape index (κ2) is 11.3. The largest absolute Gasteiger partial charge is 0.481 e. The van der Waals surface area contributed by atoms with Crippen LogP contribution in [0.3, 0.4) is 0 Å². The highest BCUT2D eigenvalue weighted by Crippen LogP contribution is 2.37. The van der Waals surface area contributed by atoms with Crippen LogP contribution in [-0.2, 0) is 17.9 Å². The number of thiazole rings is 1. The van der Waals surface area contributed by atoms with Crippen LogP contribution in [0, 0.1) is 0 Å². The van der Waals surface area contributed by atoms with Gasteiger partial charge in [0, 0.05) is 30.1 Å². The van der Waals surface area contributed by atoms with Gasteiger partial charge in [-0.3, -0.25) is 9.69 Å². The number of halogens is 2. The molecule has 1 aromatic heterocycles. The summed E-state index contributed by atoms with van der Waals surface area (Å²) in [5.41, 5.74) is 2.94. The van der Waals surface area contributed by atoms with Crippen molar-refractivity contribution in [3.63, 3.8) is 0 Å². The molecule has 0 unspecified atom stereocenters. The van der Waals surface area contributed by atoms with Gasteiger partial charge in [0.1, 0.15) is 0 Å². The Balaban J connectivity index is 1.69. The maximum absolute atomic E-state index is 11.3. The van der Waals surface area contributed by atoms with E-state index in [0.717, 1.165) is 41.6 Å². The maximum Gasteiger partial charge on any atom is 0.305 e. The fourth-order valence-electron chi connectivity index (χ4n) is 4.05. The average Bonchev–Trinajstić information content (AvgIpc) is 3.23. The first-order chi connectivity index (χ1) is 16.0. The number of carboxylic acid groups (broad SMARTS) is 1. The molecule has 1 saturated heterocycles. The minimum Gasteiger partial charge on any atom is -0.481 e. The van der Waals surface area contributed by atoms with Crippen LogP contribution in [0.25, 0.3) is 11.3 Å². The molecule has 2 heterocycles. The van der Waals surface area contributed by atoms with Crippen LogP contribution in [0.5, 0.6) is 0 Å². The zero-order valence-electron chi connectivity index (χ0n) is 18.3. The molecule has 0 amide bonds. The van der Waals surface area contributed by atoms with E-state index in [-0.39, 0.29) is 6.42 Å². The number of benzene rings is 2. The Bertz CT molecular complexity index is 1080. The minimum absolute atomic E-state index is 0.0516. The van der Waals surface area contributed by atoms with Gasteiger partial charge in [-0.05, 0) is 43.6 Å². The Morgan fingerprint density at radius 1 is 1.06 bits per heavy atom. The lowest BCUT2D eigenvalue weighted by atomic mass is 10.1. The van der Waals surface area contributed by atoms with Crippen LogP contribution in [-0.4, -0.2) is 40.6 Å². The number of rotatable bonds is 9. The molecular weight excluding hydrogens is 477 g/mol. The molecule has 2 aromatic carbocycles. The van der Waals surface area contributed by atoms with E-state index in [0.29, 0.717) is 23.1 Å². The molecule has 0 atom stereocenters. The van der Waals surface area contributed by atoms with E-state index in [1.165, 1.54) is 24.1 Å². The van der Waals surface area contributed by atoms with Crippen LogP contribution in [0.1, 0.15) is 36.1 Å². The number of likely N-dealkylation sites (tertiary alicyclic amines) is 1. The molecule has 1 aliphatic rings. The lowest BCUT2D eigenvalue weighted by Crippen LogP contribution is -2.28. The standard InChI is InChI=1S/C25H27Cl2N3O2S/c26-20-10-9-19(15-21(20)27)24-22(17-29-12-5-2-6-13-29)33-25(28-24)30(14-11-23(31)32)16-18-7-3-1-4-8-18/h1,3-4,7-10,15H,2,5-6,11-14,16-17H2,(H,31,32). The van der Waals surface area contributed by atoms with E-state index in [1.54, 1.807) is 17.4 Å². The summed E-state index contributed by atoms with van der Waals surface area (Å²) >= 11 is 14.1. The van der Waals surface area contributed by atoms with Gasteiger partial charge in [-0.25, -0.2) is 4.98 Å². The van der Waals surface area contributed by atoms with E-state index in [9.17, 15) is 9.90 Å². The SMILES string of the molecule is O=C(O)CCN(Cc1ccccc1)c1nc(-c2ccc(Cl)c(Cl)c2)c(CN2CCCCC2)s1. The highest BCUT2D eigenvalue weighted by Gasteiger charge is 2.22. The van der Waals surface area contributed by atoms with Crippen molar-refractivity contribution in [3.05, 3.63) is 69.0 Å². The Morgan fingerprint density at radius 3 is 2.52 bits per heavy atom. The van der Waals surface area contributed by atoms with Crippen molar-refractivity contribution in [2.75, 3.05) is 24.5 Å². The lowest BCUT2D eigenvalue weighted by molar-refractivity contribution is -0.136. The molecule has 0 spiro atoms. The first kappa shape index (κ1) is 24.0. The summed E-state index contributed by atoms with van der Waals surface area (Å²) in [6, 6.07) is 15.7. The number of hydrogen-bond donors (Lipinski definition) is 1.